The van der Waals surface area contributed by atoms with Gasteiger partial charge in [0, 0.05) is 18.6 Å². The molecule has 0 aromatic carbocycles. The molecular formula is C8H5ClN3NaS. The number of rotatable bonds is 1. The van der Waals surface area contributed by atoms with Gasteiger partial charge in [-0.25, -0.2) is 9.67 Å². The Morgan fingerprint density at radius 1 is 1.36 bits per heavy atom. The molecule has 0 aliphatic heterocycles. The Balaban J connectivity index is 0.000000980. The monoisotopic (exact) mass is 233 g/mol. The van der Waals surface area contributed by atoms with Crippen molar-refractivity contribution in [2.45, 2.75) is 4.90 Å². The summed E-state index contributed by atoms with van der Waals surface area (Å²) < 4.78 is 1.58. The van der Waals surface area contributed by atoms with Gasteiger partial charge in [-0.1, -0.05) is 17.7 Å². The maximum absolute atomic E-state index is 5.96. The van der Waals surface area contributed by atoms with E-state index in [1.807, 2.05) is 0 Å². The first-order valence-corrected chi connectivity index (χ1v) is 4.39. The summed E-state index contributed by atoms with van der Waals surface area (Å²) in [6.07, 6.45) is 5.04. The molecule has 0 radical (unpaired) electrons. The second-order valence-corrected chi connectivity index (χ2v) is 3.22. The van der Waals surface area contributed by atoms with Gasteiger partial charge in [0.2, 0.25) is 0 Å². The number of hydrogen-bond acceptors (Lipinski definition) is 3. The molecule has 0 bridgehead atoms. The predicted octanol–water partition coefficient (Wildman–Crippen LogP) is -1.17. The van der Waals surface area contributed by atoms with Crippen LogP contribution in [0.4, 0.5) is 0 Å². The fourth-order valence-corrected chi connectivity index (χ4v) is 1.32. The number of halogens is 1. The summed E-state index contributed by atoms with van der Waals surface area (Å²) in [6, 6.07) is 3.48. The molecule has 0 fully saturated rings. The van der Waals surface area contributed by atoms with Crippen LogP contribution in [0.15, 0.2) is 35.6 Å². The molecule has 0 saturated carbocycles. The molecule has 2 heterocycles. The molecule has 2 aromatic rings. The maximum Gasteiger partial charge on any atom is 1.00 e. The zero-order chi connectivity index (χ0) is 9.26. The SMILES string of the molecule is [Na+].[S-]c1ccnc(-n2cccn2)c1Cl. The van der Waals surface area contributed by atoms with Gasteiger partial charge in [-0.3, -0.25) is 0 Å². The van der Waals surface area contributed by atoms with E-state index in [9.17, 15) is 0 Å². The summed E-state index contributed by atoms with van der Waals surface area (Å²) in [5.41, 5.74) is 0. The van der Waals surface area contributed by atoms with Gasteiger partial charge in [0.15, 0.2) is 5.82 Å². The molecule has 0 amide bonds. The fourth-order valence-electron chi connectivity index (χ4n) is 0.969. The first kappa shape index (κ1) is 11.9. The van der Waals surface area contributed by atoms with Crippen LogP contribution < -0.4 is 29.6 Å². The zero-order valence-corrected chi connectivity index (χ0v) is 11.1. The molecule has 0 aliphatic carbocycles. The molecule has 6 heteroatoms. The summed E-state index contributed by atoms with van der Waals surface area (Å²) in [4.78, 5) is 4.67. The van der Waals surface area contributed by atoms with E-state index in [2.05, 4.69) is 10.1 Å². The van der Waals surface area contributed by atoms with E-state index in [-0.39, 0.29) is 29.6 Å². The third kappa shape index (κ3) is 2.27. The average Bonchev–Trinajstić information content (AvgIpc) is 2.62. The van der Waals surface area contributed by atoms with Crippen molar-refractivity contribution in [2.75, 3.05) is 0 Å². The van der Waals surface area contributed by atoms with Crippen LogP contribution in [0.1, 0.15) is 0 Å². The molecule has 0 aliphatic rings. The van der Waals surface area contributed by atoms with Crippen LogP contribution in [0.5, 0.6) is 0 Å². The van der Waals surface area contributed by atoms with Crippen molar-refractivity contribution in [3.63, 3.8) is 0 Å². The molecule has 0 spiro atoms. The van der Waals surface area contributed by atoms with Crippen molar-refractivity contribution in [1.29, 1.82) is 0 Å². The molecule has 0 saturated heterocycles. The van der Waals surface area contributed by atoms with Gasteiger partial charge in [-0.2, -0.15) is 9.99 Å². The van der Waals surface area contributed by atoms with E-state index in [1.54, 1.807) is 35.4 Å². The van der Waals surface area contributed by atoms with Crippen LogP contribution >= 0.6 is 11.6 Å². The van der Waals surface area contributed by atoms with E-state index in [0.29, 0.717) is 15.7 Å². The number of nitrogens with zero attached hydrogens (tertiary/aromatic N) is 3. The smallest absolute Gasteiger partial charge is 0.778 e. The predicted molar refractivity (Wildman–Crippen MR) is 52.0 cm³/mol. The maximum atomic E-state index is 5.96. The quantitative estimate of drug-likeness (QED) is 0.460. The number of pyridine rings is 1. The van der Waals surface area contributed by atoms with Gasteiger partial charge in [-0.05, 0) is 6.07 Å². The van der Waals surface area contributed by atoms with Crippen molar-refractivity contribution in [1.82, 2.24) is 14.8 Å². The molecule has 0 unspecified atom stereocenters. The van der Waals surface area contributed by atoms with Crippen LogP contribution in [0, 0.1) is 0 Å². The van der Waals surface area contributed by atoms with Crippen molar-refractivity contribution in [3.8, 4) is 5.82 Å². The zero-order valence-electron chi connectivity index (χ0n) is 7.51. The fraction of sp³-hybridized carbons (Fsp3) is 0. The second kappa shape index (κ2) is 5.09. The summed E-state index contributed by atoms with van der Waals surface area (Å²) in [7, 11) is 0. The minimum Gasteiger partial charge on any atom is -0.778 e. The van der Waals surface area contributed by atoms with Gasteiger partial charge in [0.25, 0.3) is 0 Å². The van der Waals surface area contributed by atoms with E-state index < -0.39 is 0 Å². The Morgan fingerprint density at radius 2 is 2.14 bits per heavy atom. The topological polar surface area (TPSA) is 30.7 Å². The first-order chi connectivity index (χ1) is 6.29. The van der Waals surface area contributed by atoms with Gasteiger partial charge >= 0.3 is 29.6 Å². The Kier molecular flexibility index (Phi) is 4.34. The Bertz CT molecular complexity index is 419. The standard InChI is InChI=1S/C8H6ClN3S.Na/c9-7-6(13)2-4-10-8(7)12-5-1-3-11-12;/h1-5H,(H,10,13);/q;+1/p-1. The van der Waals surface area contributed by atoms with Gasteiger partial charge < -0.3 is 12.6 Å². The van der Waals surface area contributed by atoms with Crippen LogP contribution in [0.2, 0.25) is 5.02 Å². The summed E-state index contributed by atoms with van der Waals surface area (Å²) in [5.74, 6) is 0.569. The molecule has 0 atom stereocenters. The minimum atomic E-state index is 0. The van der Waals surface area contributed by atoms with Crippen LogP contribution in [-0.4, -0.2) is 14.8 Å². The third-order valence-electron chi connectivity index (χ3n) is 1.56. The van der Waals surface area contributed by atoms with E-state index in [1.165, 1.54) is 0 Å². The summed E-state index contributed by atoms with van der Waals surface area (Å²) in [6.45, 7) is 0. The largest absolute Gasteiger partial charge is 1.00 e. The third-order valence-corrected chi connectivity index (χ3v) is 2.38. The van der Waals surface area contributed by atoms with Crippen molar-refractivity contribution >= 4 is 24.2 Å². The van der Waals surface area contributed by atoms with E-state index >= 15 is 0 Å². The molecule has 14 heavy (non-hydrogen) atoms. The van der Waals surface area contributed by atoms with E-state index in [0.717, 1.165) is 0 Å². The Morgan fingerprint density at radius 3 is 2.79 bits per heavy atom. The molecule has 2 aromatic heterocycles. The molecule has 2 rings (SSSR count). The van der Waals surface area contributed by atoms with Crippen molar-refractivity contribution < 1.29 is 29.6 Å². The first-order valence-electron chi connectivity index (χ1n) is 3.60. The van der Waals surface area contributed by atoms with Crippen LogP contribution in [0.25, 0.3) is 5.82 Å². The molecular weight excluding hydrogens is 229 g/mol. The van der Waals surface area contributed by atoms with Crippen molar-refractivity contribution in [2.24, 2.45) is 0 Å². The van der Waals surface area contributed by atoms with Crippen molar-refractivity contribution in [3.05, 3.63) is 35.7 Å². The number of hydrogen-bond donors (Lipinski definition) is 0. The minimum absolute atomic E-state index is 0. The summed E-state index contributed by atoms with van der Waals surface area (Å²) in [5, 5.41) is 4.47. The normalized spacial score (nSPS) is 9.50. The summed E-state index contributed by atoms with van der Waals surface area (Å²) >= 11 is 11.0. The van der Waals surface area contributed by atoms with Gasteiger partial charge in [-0.15, -0.1) is 0 Å². The van der Waals surface area contributed by atoms with Gasteiger partial charge in [0.05, 0.1) is 5.02 Å². The van der Waals surface area contributed by atoms with Gasteiger partial charge in [0.1, 0.15) is 0 Å². The van der Waals surface area contributed by atoms with Crippen LogP contribution in [-0.2, 0) is 12.6 Å². The average molecular weight is 234 g/mol. The molecule has 0 N–H and O–H groups in total. The van der Waals surface area contributed by atoms with E-state index in [4.69, 9.17) is 24.2 Å². The molecule has 3 nitrogen and oxygen atoms in total. The molecule has 66 valence electrons. The second-order valence-electron chi connectivity index (χ2n) is 2.40. The Hall–Kier alpha value is -0.130. The number of aromatic nitrogens is 3. The van der Waals surface area contributed by atoms with Crippen LogP contribution in [0.3, 0.4) is 0 Å². The Labute approximate surface area is 114 Å².